The monoisotopic (exact) mass is 307 g/mol. The summed E-state index contributed by atoms with van der Waals surface area (Å²) in [6.45, 7) is 12.3. The molecule has 4 nitrogen and oxygen atoms in total. The number of benzene rings is 1. The number of Topliss-reactive ketones (excluding diaryl/α,β-unsaturated/α-hetero) is 1. The summed E-state index contributed by atoms with van der Waals surface area (Å²) in [7, 11) is -1.85. The largest absolute Gasteiger partial charge is 0.544 e. The third-order valence-corrected chi connectivity index (χ3v) is 8.09. The van der Waals surface area contributed by atoms with Crippen LogP contribution in [0.1, 0.15) is 34.1 Å². The van der Waals surface area contributed by atoms with Gasteiger partial charge in [0.2, 0.25) is 14.2 Å². The molecule has 0 spiro atoms. The van der Waals surface area contributed by atoms with Gasteiger partial charge in [0.1, 0.15) is 11.5 Å². The molecular formula is C16H25NO3Si. The molecule has 1 aromatic rings. The lowest BCUT2D eigenvalue weighted by Gasteiger charge is -2.36. The van der Waals surface area contributed by atoms with E-state index in [1.807, 2.05) is 12.1 Å². The smallest absolute Gasteiger partial charge is 0.250 e. The van der Waals surface area contributed by atoms with Gasteiger partial charge in [0.15, 0.2) is 0 Å². The fourth-order valence-corrected chi connectivity index (χ4v) is 2.52. The zero-order valence-corrected chi connectivity index (χ0v) is 14.7. The number of carbonyl (C=O) groups is 2. The molecule has 1 aromatic carbocycles. The second kappa shape index (κ2) is 6.43. The second-order valence-electron chi connectivity index (χ2n) is 6.81. The third-order valence-electron chi connectivity index (χ3n) is 3.73. The number of carbonyl (C=O) groups excluding carboxylic acids is 2. The maximum atomic E-state index is 11.5. The molecule has 0 saturated carbocycles. The van der Waals surface area contributed by atoms with Gasteiger partial charge in [0, 0.05) is 5.69 Å². The van der Waals surface area contributed by atoms with Crippen molar-refractivity contribution in [3.63, 3.8) is 0 Å². The van der Waals surface area contributed by atoms with E-state index in [1.54, 1.807) is 12.1 Å². The van der Waals surface area contributed by atoms with Crippen LogP contribution >= 0.6 is 0 Å². The summed E-state index contributed by atoms with van der Waals surface area (Å²) in [5.74, 6) is 0.372. The van der Waals surface area contributed by atoms with Crippen LogP contribution < -0.4 is 9.74 Å². The van der Waals surface area contributed by atoms with Gasteiger partial charge in [0.05, 0.1) is 6.42 Å². The first-order chi connectivity index (χ1) is 9.51. The Balaban J connectivity index is 2.71. The highest BCUT2D eigenvalue weighted by molar-refractivity contribution is 6.74. The lowest BCUT2D eigenvalue weighted by Crippen LogP contribution is -2.43. The average Bonchev–Trinajstić information content (AvgIpc) is 2.28. The molecule has 0 aliphatic carbocycles. The van der Waals surface area contributed by atoms with Crippen molar-refractivity contribution in [2.75, 3.05) is 5.32 Å². The minimum atomic E-state index is -1.85. The van der Waals surface area contributed by atoms with Gasteiger partial charge >= 0.3 is 0 Å². The summed E-state index contributed by atoms with van der Waals surface area (Å²) in [6, 6.07) is 7.29. The number of hydrogen-bond acceptors (Lipinski definition) is 3. The van der Waals surface area contributed by atoms with Crippen molar-refractivity contribution < 1.29 is 14.0 Å². The van der Waals surface area contributed by atoms with Crippen molar-refractivity contribution in [1.82, 2.24) is 0 Å². The van der Waals surface area contributed by atoms with E-state index in [-0.39, 0.29) is 23.1 Å². The first kappa shape index (κ1) is 17.4. The minimum Gasteiger partial charge on any atom is -0.544 e. The van der Waals surface area contributed by atoms with Gasteiger partial charge in [-0.15, -0.1) is 0 Å². The Morgan fingerprint density at radius 2 is 1.67 bits per heavy atom. The molecule has 0 heterocycles. The Kier molecular flexibility index (Phi) is 5.34. The summed E-state index contributed by atoms with van der Waals surface area (Å²) in [6.07, 6.45) is -0.0950. The van der Waals surface area contributed by atoms with Crippen LogP contribution in [-0.2, 0) is 9.59 Å². The maximum absolute atomic E-state index is 11.5. The van der Waals surface area contributed by atoms with Crippen LogP contribution in [0, 0.1) is 0 Å². The molecule has 0 saturated heterocycles. The molecule has 0 unspecified atom stereocenters. The standard InChI is InChI=1S/C16H25NO3Si/c1-12(18)11-15(19)17-13-7-9-14(10-8-13)20-21(5,6)16(2,3)4/h7-10H,11H2,1-6H3,(H,17,19). The van der Waals surface area contributed by atoms with Gasteiger partial charge in [-0.05, 0) is 49.3 Å². The van der Waals surface area contributed by atoms with Crippen LogP contribution in [0.3, 0.4) is 0 Å². The molecule has 21 heavy (non-hydrogen) atoms. The Morgan fingerprint density at radius 3 is 2.10 bits per heavy atom. The van der Waals surface area contributed by atoms with Gasteiger partial charge in [-0.3, -0.25) is 9.59 Å². The van der Waals surface area contributed by atoms with Gasteiger partial charge in [-0.2, -0.15) is 0 Å². The van der Waals surface area contributed by atoms with Crippen LogP contribution in [0.5, 0.6) is 5.75 Å². The van der Waals surface area contributed by atoms with E-state index in [4.69, 9.17) is 4.43 Å². The number of rotatable bonds is 5. The van der Waals surface area contributed by atoms with Crippen molar-refractivity contribution >= 4 is 25.7 Å². The highest BCUT2D eigenvalue weighted by Crippen LogP contribution is 2.37. The Morgan fingerprint density at radius 1 is 1.14 bits per heavy atom. The van der Waals surface area contributed by atoms with Crippen LogP contribution in [0.15, 0.2) is 24.3 Å². The number of nitrogens with one attached hydrogen (secondary N) is 1. The van der Waals surface area contributed by atoms with Crippen LogP contribution in [0.2, 0.25) is 18.1 Å². The Hall–Kier alpha value is -1.62. The van der Waals surface area contributed by atoms with Crippen molar-refractivity contribution in [3.8, 4) is 5.75 Å². The van der Waals surface area contributed by atoms with Gasteiger partial charge in [-0.1, -0.05) is 20.8 Å². The minimum absolute atomic E-state index is 0.0950. The van der Waals surface area contributed by atoms with Crippen molar-refractivity contribution in [2.24, 2.45) is 0 Å². The summed E-state index contributed by atoms with van der Waals surface area (Å²) in [4.78, 5) is 22.4. The number of ketones is 1. The van der Waals surface area contributed by atoms with Gasteiger partial charge < -0.3 is 9.74 Å². The Labute approximate surface area is 128 Å². The molecule has 0 aliphatic rings. The first-order valence-electron chi connectivity index (χ1n) is 7.09. The summed E-state index contributed by atoms with van der Waals surface area (Å²) >= 11 is 0. The van der Waals surface area contributed by atoms with E-state index in [2.05, 4.69) is 39.2 Å². The molecule has 0 atom stereocenters. The van der Waals surface area contributed by atoms with Crippen LogP contribution in [0.4, 0.5) is 5.69 Å². The summed E-state index contributed by atoms with van der Waals surface area (Å²) in [5, 5.41) is 2.83. The maximum Gasteiger partial charge on any atom is 0.250 e. The summed E-state index contributed by atoms with van der Waals surface area (Å²) < 4.78 is 6.16. The molecule has 0 fully saturated rings. The van der Waals surface area contributed by atoms with E-state index < -0.39 is 8.32 Å². The average molecular weight is 307 g/mol. The highest BCUT2D eigenvalue weighted by atomic mass is 28.4. The highest BCUT2D eigenvalue weighted by Gasteiger charge is 2.38. The lowest BCUT2D eigenvalue weighted by atomic mass is 10.2. The van der Waals surface area contributed by atoms with Gasteiger partial charge in [0.25, 0.3) is 0 Å². The molecular weight excluding hydrogens is 282 g/mol. The van der Waals surface area contributed by atoms with E-state index in [0.717, 1.165) is 5.75 Å². The number of amides is 1. The van der Waals surface area contributed by atoms with E-state index >= 15 is 0 Å². The predicted molar refractivity (Wildman–Crippen MR) is 88.2 cm³/mol. The van der Waals surface area contributed by atoms with Crippen LogP contribution in [-0.4, -0.2) is 20.0 Å². The Bertz CT molecular complexity index is 515. The molecule has 0 bridgehead atoms. The second-order valence-corrected chi connectivity index (χ2v) is 11.5. The molecule has 1 amide bonds. The zero-order chi connectivity index (χ0) is 16.3. The van der Waals surface area contributed by atoms with Crippen molar-refractivity contribution in [3.05, 3.63) is 24.3 Å². The SMILES string of the molecule is CC(=O)CC(=O)Nc1ccc(O[Si](C)(C)C(C)(C)C)cc1. The van der Waals surface area contributed by atoms with E-state index in [1.165, 1.54) is 6.92 Å². The molecule has 1 N–H and O–H groups in total. The van der Waals surface area contributed by atoms with Crippen molar-refractivity contribution in [1.29, 1.82) is 0 Å². The molecule has 0 radical (unpaired) electrons. The zero-order valence-electron chi connectivity index (χ0n) is 13.7. The first-order valence-corrected chi connectivity index (χ1v) is 10.0. The molecule has 0 aliphatic heterocycles. The third kappa shape index (κ3) is 5.34. The molecule has 1 rings (SSSR count). The number of hydrogen-bond donors (Lipinski definition) is 1. The lowest BCUT2D eigenvalue weighted by molar-refractivity contribution is -0.124. The summed E-state index contributed by atoms with van der Waals surface area (Å²) in [5.41, 5.74) is 0.670. The van der Waals surface area contributed by atoms with Crippen LogP contribution in [0.25, 0.3) is 0 Å². The van der Waals surface area contributed by atoms with Gasteiger partial charge in [-0.25, -0.2) is 0 Å². The van der Waals surface area contributed by atoms with Crippen molar-refractivity contribution in [2.45, 2.75) is 52.2 Å². The predicted octanol–water partition coefficient (Wildman–Crippen LogP) is 3.99. The van der Waals surface area contributed by atoms with E-state index in [0.29, 0.717) is 5.69 Å². The molecule has 5 heteroatoms. The normalized spacial score (nSPS) is 11.9. The molecule has 116 valence electrons. The molecule has 0 aromatic heterocycles. The fourth-order valence-electron chi connectivity index (χ4n) is 1.49. The number of anilines is 1. The topological polar surface area (TPSA) is 55.4 Å². The fraction of sp³-hybridized carbons (Fsp3) is 0.500. The quantitative estimate of drug-likeness (QED) is 0.661. The van der Waals surface area contributed by atoms with E-state index in [9.17, 15) is 9.59 Å².